The number of aliphatic hydroxyl groups is 1. The summed E-state index contributed by atoms with van der Waals surface area (Å²) in [6, 6.07) is 0. The van der Waals surface area contributed by atoms with Crippen molar-refractivity contribution < 1.29 is 9.90 Å². The lowest BCUT2D eigenvalue weighted by molar-refractivity contribution is -0.119. The number of thioether (sulfide) groups is 1. The number of carbonyl (C=O) groups is 1. The van der Waals surface area contributed by atoms with Crippen LogP contribution in [0.4, 0.5) is 0 Å². The van der Waals surface area contributed by atoms with Crippen LogP contribution in [0.1, 0.15) is 13.8 Å². The molecule has 4 heteroatoms. The Morgan fingerprint density at radius 2 is 2.00 bits per heavy atom. The minimum Gasteiger partial charge on any atom is -0.395 e. The Labute approximate surface area is 84.5 Å². The van der Waals surface area contributed by atoms with Crippen LogP contribution in [-0.2, 0) is 4.79 Å². The van der Waals surface area contributed by atoms with E-state index in [9.17, 15) is 4.79 Å². The molecule has 1 N–H and O–H groups in total. The van der Waals surface area contributed by atoms with Crippen LogP contribution in [0.15, 0.2) is 0 Å². The van der Waals surface area contributed by atoms with Gasteiger partial charge in [-0.15, -0.1) is 0 Å². The highest BCUT2D eigenvalue weighted by Gasteiger charge is 2.26. The van der Waals surface area contributed by atoms with Crippen LogP contribution in [-0.4, -0.2) is 48.1 Å². The number of aliphatic hydroxyl groups excluding tert-OH is 1. The minimum absolute atomic E-state index is 0.0665. The van der Waals surface area contributed by atoms with E-state index in [0.29, 0.717) is 0 Å². The van der Waals surface area contributed by atoms with Gasteiger partial charge < -0.3 is 10.0 Å². The molecule has 0 heterocycles. The summed E-state index contributed by atoms with van der Waals surface area (Å²) in [7, 11) is 3.95. The summed E-state index contributed by atoms with van der Waals surface area (Å²) < 4.78 is 0. The van der Waals surface area contributed by atoms with Gasteiger partial charge in [0.25, 0.3) is 0 Å². The van der Waals surface area contributed by atoms with Gasteiger partial charge in [-0.05, 0) is 27.9 Å². The highest BCUT2D eigenvalue weighted by atomic mass is 32.2. The highest BCUT2D eigenvalue weighted by molar-refractivity contribution is 8.13. The lowest BCUT2D eigenvalue weighted by atomic mass is 9.97. The van der Waals surface area contributed by atoms with Crippen molar-refractivity contribution in [1.82, 2.24) is 4.90 Å². The monoisotopic (exact) mass is 205 g/mol. The Balaban J connectivity index is 3.75. The van der Waals surface area contributed by atoms with Gasteiger partial charge in [0.1, 0.15) is 0 Å². The molecule has 0 aromatic rings. The molecule has 13 heavy (non-hydrogen) atoms. The Morgan fingerprint density at radius 1 is 1.46 bits per heavy atom. The van der Waals surface area contributed by atoms with Crippen LogP contribution >= 0.6 is 11.8 Å². The Kier molecular flexibility index (Phi) is 5.60. The summed E-state index contributed by atoms with van der Waals surface area (Å²) >= 11 is 1.30. The molecule has 0 atom stereocenters. The van der Waals surface area contributed by atoms with E-state index >= 15 is 0 Å². The van der Waals surface area contributed by atoms with Gasteiger partial charge in [-0.25, -0.2) is 0 Å². The molecule has 0 fully saturated rings. The lowest BCUT2D eigenvalue weighted by Gasteiger charge is -2.19. The van der Waals surface area contributed by atoms with E-state index in [1.165, 1.54) is 11.8 Å². The third-order valence-corrected chi connectivity index (χ3v) is 2.92. The van der Waals surface area contributed by atoms with Gasteiger partial charge in [-0.1, -0.05) is 11.8 Å². The molecule has 0 bridgehead atoms. The van der Waals surface area contributed by atoms with Crippen molar-refractivity contribution >= 4 is 16.9 Å². The van der Waals surface area contributed by atoms with Crippen LogP contribution in [0, 0.1) is 5.41 Å². The summed E-state index contributed by atoms with van der Waals surface area (Å²) in [5.74, 6) is 0.787. The van der Waals surface area contributed by atoms with E-state index in [-0.39, 0.29) is 11.7 Å². The van der Waals surface area contributed by atoms with Crippen molar-refractivity contribution in [2.75, 3.05) is 33.0 Å². The van der Waals surface area contributed by atoms with Crippen LogP contribution in [0.3, 0.4) is 0 Å². The fourth-order valence-corrected chi connectivity index (χ4v) is 1.68. The molecule has 0 aliphatic rings. The summed E-state index contributed by atoms with van der Waals surface area (Å²) in [5.41, 5.74) is -0.600. The second-order valence-electron chi connectivity index (χ2n) is 3.98. The molecule has 0 aliphatic heterocycles. The first-order valence-electron chi connectivity index (χ1n) is 4.33. The lowest BCUT2D eigenvalue weighted by Crippen LogP contribution is -2.27. The second kappa shape index (κ2) is 5.62. The molecular weight excluding hydrogens is 186 g/mol. The van der Waals surface area contributed by atoms with Gasteiger partial charge in [-0.3, -0.25) is 4.79 Å². The highest BCUT2D eigenvalue weighted by Crippen LogP contribution is 2.22. The van der Waals surface area contributed by atoms with Crippen molar-refractivity contribution in [3.05, 3.63) is 0 Å². The summed E-state index contributed by atoms with van der Waals surface area (Å²) in [5, 5.41) is 8.99. The molecule has 0 unspecified atom stereocenters. The van der Waals surface area contributed by atoms with Gasteiger partial charge in [0.05, 0.1) is 12.0 Å². The Bertz CT molecular complexity index is 169. The van der Waals surface area contributed by atoms with Gasteiger partial charge >= 0.3 is 0 Å². The van der Waals surface area contributed by atoms with Crippen LogP contribution < -0.4 is 0 Å². The van der Waals surface area contributed by atoms with Gasteiger partial charge in [0.2, 0.25) is 0 Å². The van der Waals surface area contributed by atoms with E-state index in [1.54, 1.807) is 13.8 Å². The fourth-order valence-electron chi connectivity index (χ4n) is 0.581. The van der Waals surface area contributed by atoms with Gasteiger partial charge in [0, 0.05) is 12.3 Å². The summed E-state index contributed by atoms with van der Waals surface area (Å²) in [6.07, 6.45) is 0. The molecule has 0 aliphatic carbocycles. The maximum Gasteiger partial charge on any atom is 0.196 e. The van der Waals surface area contributed by atoms with Crippen molar-refractivity contribution in [1.29, 1.82) is 0 Å². The average Bonchev–Trinajstić information content (AvgIpc) is 2.03. The maximum absolute atomic E-state index is 11.5. The average molecular weight is 205 g/mol. The van der Waals surface area contributed by atoms with Crippen molar-refractivity contribution in [2.24, 2.45) is 5.41 Å². The third kappa shape index (κ3) is 5.29. The van der Waals surface area contributed by atoms with Crippen molar-refractivity contribution in [3.63, 3.8) is 0 Å². The maximum atomic E-state index is 11.5. The van der Waals surface area contributed by atoms with Crippen LogP contribution in [0.5, 0.6) is 0 Å². The van der Waals surface area contributed by atoms with Crippen LogP contribution in [0.2, 0.25) is 0 Å². The predicted octanol–water partition coefficient (Wildman–Crippen LogP) is 0.826. The molecule has 0 rings (SSSR count). The molecule has 0 saturated heterocycles. The Morgan fingerprint density at radius 3 is 2.38 bits per heavy atom. The van der Waals surface area contributed by atoms with E-state index in [4.69, 9.17) is 5.11 Å². The smallest absolute Gasteiger partial charge is 0.196 e. The molecule has 0 spiro atoms. The number of hydrogen-bond donors (Lipinski definition) is 1. The van der Waals surface area contributed by atoms with Gasteiger partial charge in [0.15, 0.2) is 5.12 Å². The fraction of sp³-hybridized carbons (Fsp3) is 0.889. The topological polar surface area (TPSA) is 40.5 Å². The quantitative estimate of drug-likeness (QED) is 0.721. The molecule has 3 nitrogen and oxygen atoms in total. The van der Waals surface area contributed by atoms with E-state index < -0.39 is 5.41 Å². The summed E-state index contributed by atoms with van der Waals surface area (Å²) in [4.78, 5) is 13.5. The third-order valence-electron chi connectivity index (χ3n) is 1.72. The van der Waals surface area contributed by atoms with E-state index in [0.717, 1.165) is 12.3 Å². The SMILES string of the molecule is CN(C)CCSC(=O)C(C)(C)CO. The number of nitrogens with zero attached hydrogens (tertiary/aromatic N) is 1. The van der Waals surface area contributed by atoms with E-state index in [1.807, 2.05) is 19.0 Å². The Hall–Kier alpha value is -0.0600. The number of carbonyl (C=O) groups excluding carboxylic acids is 1. The molecule has 0 saturated carbocycles. The molecule has 0 aromatic carbocycles. The summed E-state index contributed by atoms with van der Waals surface area (Å²) in [6.45, 7) is 4.33. The zero-order valence-electron chi connectivity index (χ0n) is 8.83. The number of rotatable bonds is 5. The first-order chi connectivity index (χ1) is 5.90. The molecule has 0 radical (unpaired) electrons. The van der Waals surface area contributed by atoms with E-state index in [2.05, 4.69) is 0 Å². The standard InChI is InChI=1S/C9H19NO2S/c1-9(2,7-11)8(12)13-6-5-10(3)4/h11H,5-7H2,1-4H3. The molecule has 0 aromatic heterocycles. The predicted molar refractivity (Wildman–Crippen MR) is 56.9 cm³/mol. The largest absolute Gasteiger partial charge is 0.395 e. The number of hydrogen-bond acceptors (Lipinski definition) is 4. The van der Waals surface area contributed by atoms with Crippen molar-refractivity contribution in [2.45, 2.75) is 13.8 Å². The van der Waals surface area contributed by atoms with Gasteiger partial charge in [-0.2, -0.15) is 0 Å². The zero-order valence-corrected chi connectivity index (χ0v) is 9.65. The second-order valence-corrected chi connectivity index (χ2v) is 5.05. The first-order valence-corrected chi connectivity index (χ1v) is 5.31. The molecule has 0 amide bonds. The van der Waals surface area contributed by atoms with Crippen molar-refractivity contribution in [3.8, 4) is 0 Å². The van der Waals surface area contributed by atoms with Crippen LogP contribution in [0.25, 0.3) is 0 Å². The molecular formula is C9H19NO2S. The normalized spacial score (nSPS) is 12.2. The molecule has 78 valence electrons. The minimum atomic E-state index is -0.600. The zero-order chi connectivity index (χ0) is 10.5. The first kappa shape index (κ1) is 12.9.